The lowest BCUT2D eigenvalue weighted by molar-refractivity contribution is 0.0718. The summed E-state index contributed by atoms with van der Waals surface area (Å²) in [7, 11) is -0.414. The summed E-state index contributed by atoms with van der Waals surface area (Å²) in [6, 6.07) is 4.62. The molecule has 0 aliphatic carbocycles. The highest BCUT2D eigenvalue weighted by atomic mass is 35.5. The number of ether oxygens (including phenoxy) is 2. The van der Waals surface area contributed by atoms with Crippen LogP contribution in [0, 0.1) is 11.3 Å². The number of sulfonamides is 1. The average Bonchev–Trinajstić information content (AvgIpc) is 2.94. The molecule has 0 bridgehead atoms. The van der Waals surface area contributed by atoms with Gasteiger partial charge in [0.15, 0.2) is 0 Å². The Labute approximate surface area is 166 Å². The van der Waals surface area contributed by atoms with Crippen LogP contribution in [-0.2, 0) is 14.8 Å². The molecule has 2 saturated heterocycles. The van der Waals surface area contributed by atoms with Crippen LogP contribution in [0.25, 0.3) is 0 Å². The number of hydrogen-bond acceptors (Lipinski definition) is 5. The fourth-order valence-corrected chi connectivity index (χ4v) is 5.98. The molecule has 26 heavy (non-hydrogen) atoms. The Kier molecular flexibility index (Phi) is 7.21. The van der Waals surface area contributed by atoms with Gasteiger partial charge in [-0.1, -0.05) is 11.6 Å². The predicted molar refractivity (Wildman–Crippen MR) is 104 cm³/mol. The Hall–Kier alpha value is -0.570. The second-order valence-corrected chi connectivity index (χ2v) is 9.20. The van der Waals surface area contributed by atoms with Crippen molar-refractivity contribution < 1.29 is 17.9 Å². The first-order chi connectivity index (χ1) is 11.9. The number of halogens is 2. The van der Waals surface area contributed by atoms with Crippen LogP contribution in [-0.4, -0.2) is 59.7 Å². The first-order valence-electron chi connectivity index (χ1n) is 8.46. The van der Waals surface area contributed by atoms with E-state index in [-0.39, 0.29) is 28.6 Å². The van der Waals surface area contributed by atoms with E-state index < -0.39 is 10.0 Å². The molecule has 0 radical (unpaired) electrons. The van der Waals surface area contributed by atoms with E-state index in [1.165, 1.54) is 13.2 Å². The summed E-state index contributed by atoms with van der Waals surface area (Å²) in [5, 5.41) is 3.66. The van der Waals surface area contributed by atoms with Gasteiger partial charge in [-0.2, -0.15) is 4.31 Å². The molecule has 2 aliphatic heterocycles. The van der Waals surface area contributed by atoms with E-state index in [4.69, 9.17) is 21.1 Å². The van der Waals surface area contributed by atoms with Crippen LogP contribution in [0.4, 0.5) is 0 Å². The number of piperidine rings is 1. The SMILES string of the molecule is COCC1CN(S(=O)(=O)c2ccc(OC)c(Cl)c2)CC12CCNCC2.Cl. The van der Waals surface area contributed by atoms with Crippen LogP contribution in [0.15, 0.2) is 23.1 Å². The molecule has 3 rings (SSSR count). The zero-order chi connectivity index (χ0) is 18.1. The highest BCUT2D eigenvalue weighted by Gasteiger charge is 2.50. The normalized spacial score (nSPS) is 23.0. The molecule has 0 saturated carbocycles. The Bertz CT molecular complexity index is 723. The quantitative estimate of drug-likeness (QED) is 0.785. The lowest BCUT2D eigenvalue weighted by Gasteiger charge is -2.38. The highest BCUT2D eigenvalue weighted by Crippen LogP contribution is 2.45. The molecule has 2 fully saturated rings. The molecule has 148 valence electrons. The number of methoxy groups -OCH3 is 2. The first-order valence-corrected chi connectivity index (χ1v) is 10.3. The molecule has 1 spiro atoms. The summed E-state index contributed by atoms with van der Waals surface area (Å²) >= 11 is 6.13. The summed E-state index contributed by atoms with van der Waals surface area (Å²) < 4.78 is 38.4. The van der Waals surface area contributed by atoms with Crippen LogP contribution in [0.5, 0.6) is 5.75 Å². The molecule has 0 amide bonds. The lowest BCUT2D eigenvalue weighted by atomic mass is 9.71. The maximum atomic E-state index is 13.1. The molecule has 1 aromatic carbocycles. The minimum atomic E-state index is -3.60. The van der Waals surface area contributed by atoms with Gasteiger partial charge in [0.25, 0.3) is 0 Å². The van der Waals surface area contributed by atoms with Crippen molar-refractivity contribution in [3.63, 3.8) is 0 Å². The van der Waals surface area contributed by atoms with Crippen molar-refractivity contribution in [1.29, 1.82) is 0 Å². The zero-order valence-electron chi connectivity index (χ0n) is 15.0. The summed E-state index contributed by atoms with van der Waals surface area (Å²) in [4.78, 5) is 0.209. The van der Waals surface area contributed by atoms with Crippen LogP contribution < -0.4 is 10.1 Å². The average molecular weight is 425 g/mol. The Morgan fingerprint density at radius 3 is 2.58 bits per heavy atom. The maximum absolute atomic E-state index is 13.1. The van der Waals surface area contributed by atoms with E-state index >= 15 is 0 Å². The molecule has 1 unspecified atom stereocenters. The minimum Gasteiger partial charge on any atom is -0.495 e. The van der Waals surface area contributed by atoms with E-state index in [2.05, 4.69) is 5.32 Å². The molecule has 1 aromatic rings. The summed E-state index contributed by atoms with van der Waals surface area (Å²) in [6.07, 6.45) is 1.94. The van der Waals surface area contributed by atoms with Gasteiger partial charge in [-0.05, 0) is 49.5 Å². The van der Waals surface area contributed by atoms with Gasteiger partial charge in [-0.3, -0.25) is 0 Å². The van der Waals surface area contributed by atoms with Crippen molar-refractivity contribution in [3.05, 3.63) is 23.2 Å². The van der Waals surface area contributed by atoms with Crippen molar-refractivity contribution in [3.8, 4) is 5.75 Å². The number of benzene rings is 1. The first kappa shape index (κ1) is 21.7. The van der Waals surface area contributed by atoms with Crippen molar-refractivity contribution in [2.24, 2.45) is 11.3 Å². The maximum Gasteiger partial charge on any atom is 0.243 e. The minimum absolute atomic E-state index is 0. The van der Waals surface area contributed by atoms with E-state index in [1.54, 1.807) is 23.5 Å². The topological polar surface area (TPSA) is 67.9 Å². The Morgan fingerprint density at radius 2 is 2.00 bits per heavy atom. The predicted octanol–water partition coefficient (Wildman–Crippen LogP) is 2.41. The van der Waals surface area contributed by atoms with Crippen molar-refractivity contribution in [1.82, 2.24) is 9.62 Å². The molecular formula is C17H26Cl2N2O4S. The third-order valence-corrected chi connectivity index (χ3v) is 7.61. The fraction of sp³-hybridized carbons (Fsp3) is 0.647. The van der Waals surface area contributed by atoms with Gasteiger partial charge in [-0.15, -0.1) is 12.4 Å². The molecule has 0 aromatic heterocycles. The van der Waals surface area contributed by atoms with Crippen LogP contribution in [0.2, 0.25) is 5.02 Å². The van der Waals surface area contributed by atoms with E-state index in [1.807, 2.05) is 0 Å². The van der Waals surface area contributed by atoms with Crippen molar-refractivity contribution >= 4 is 34.0 Å². The number of hydrogen-bond donors (Lipinski definition) is 1. The van der Waals surface area contributed by atoms with Gasteiger partial charge >= 0.3 is 0 Å². The second kappa shape index (κ2) is 8.63. The second-order valence-electron chi connectivity index (χ2n) is 6.86. The molecule has 1 N–H and O–H groups in total. The highest BCUT2D eigenvalue weighted by molar-refractivity contribution is 7.89. The Balaban J connectivity index is 0.00000243. The molecular weight excluding hydrogens is 399 g/mol. The third kappa shape index (κ3) is 3.98. The van der Waals surface area contributed by atoms with Crippen LogP contribution in [0.3, 0.4) is 0 Å². The monoisotopic (exact) mass is 424 g/mol. The van der Waals surface area contributed by atoms with Crippen LogP contribution >= 0.6 is 24.0 Å². The van der Waals surface area contributed by atoms with E-state index in [0.29, 0.717) is 30.5 Å². The standard InChI is InChI=1S/C17H25ClN2O4S.ClH/c1-23-11-13-10-20(12-17(13)5-7-19-8-6-17)25(21,22)14-3-4-16(24-2)15(18)9-14;/h3-4,9,13,19H,5-8,10-12H2,1-2H3;1H. The van der Waals surface area contributed by atoms with Gasteiger partial charge < -0.3 is 14.8 Å². The molecule has 1 atom stereocenters. The fourth-order valence-electron chi connectivity index (χ4n) is 4.05. The molecule has 2 heterocycles. The van der Waals surface area contributed by atoms with Gasteiger partial charge in [0, 0.05) is 26.1 Å². The van der Waals surface area contributed by atoms with E-state index in [9.17, 15) is 8.42 Å². The third-order valence-electron chi connectivity index (χ3n) is 5.51. The largest absolute Gasteiger partial charge is 0.495 e. The lowest BCUT2D eigenvalue weighted by Crippen LogP contribution is -2.43. The van der Waals surface area contributed by atoms with Crippen molar-refractivity contribution in [2.75, 3.05) is 47.0 Å². The van der Waals surface area contributed by atoms with Gasteiger partial charge in [0.05, 0.1) is 23.6 Å². The van der Waals surface area contributed by atoms with E-state index in [0.717, 1.165) is 25.9 Å². The summed E-state index contributed by atoms with van der Waals surface area (Å²) in [5.74, 6) is 0.678. The smallest absolute Gasteiger partial charge is 0.243 e. The van der Waals surface area contributed by atoms with Gasteiger partial charge in [0.2, 0.25) is 10.0 Å². The summed E-state index contributed by atoms with van der Waals surface area (Å²) in [6.45, 7) is 3.44. The number of nitrogens with one attached hydrogen (secondary N) is 1. The number of rotatable bonds is 5. The van der Waals surface area contributed by atoms with Crippen LogP contribution in [0.1, 0.15) is 12.8 Å². The molecule has 9 heteroatoms. The summed E-state index contributed by atoms with van der Waals surface area (Å²) in [5.41, 5.74) is -0.00933. The molecule has 6 nitrogen and oxygen atoms in total. The Morgan fingerprint density at radius 1 is 1.31 bits per heavy atom. The van der Waals surface area contributed by atoms with Crippen molar-refractivity contribution in [2.45, 2.75) is 17.7 Å². The molecule has 2 aliphatic rings. The number of nitrogens with zero attached hydrogens (tertiary/aromatic N) is 1. The zero-order valence-corrected chi connectivity index (χ0v) is 17.4. The van der Waals surface area contributed by atoms with Gasteiger partial charge in [-0.25, -0.2) is 8.42 Å². The van der Waals surface area contributed by atoms with Gasteiger partial charge in [0.1, 0.15) is 5.75 Å².